The number of nitrogens with one attached hydrogen (secondary N) is 2. The Morgan fingerprint density at radius 1 is 1.28 bits per heavy atom. The molecule has 25 heavy (non-hydrogen) atoms. The second kappa shape index (κ2) is 7.75. The van der Waals surface area contributed by atoms with Gasteiger partial charge in [0.2, 0.25) is 0 Å². The molecule has 0 spiro atoms. The zero-order valence-corrected chi connectivity index (χ0v) is 15.4. The van der Waals surface area contributed by atoms with E-state index >= 15 is 0 Å². The first-order valence-electron chi connectivity index (χ1n) is 9.46. The van der Waals surface area contributed by atoms with Crippen molar-refractivity contribution < 1.29 is 9.90 Å². The van der Waals surface area contributed by atoms with E-state index in [4.69, 9.17) is 0 Å². The Hall–Kier alpha value is -1.59. The highest BCUT2D eigenvalue weighted by molar-refractivity contribution is 5.73. The number of rotatable bonds is 7. The summed E-state index contributed by atoms with van der Waals surface area (Å²) in [6.07, 6.45) is 2.83. The van der Waals surface area contributed by atoms with Gasteiger partial charge in [0, 0.05) is 32.2 Å². The lowest BCUT2D eigenvalue weighted by Gasteiger charge is -2.25. The summed E-state index contributed by atoms with van der Waals surface area (Å²) in [5.74, 6) is 0.610. The molecule has 3 rings (SSSR count). The van der Waals surface area contributed by atoms with Crippen molar-refractivity contribution in [2.45, 2.75) is 51.8 Å². The van der Waals surface area contributed by atoms with Crippen LogP contribution in [0.3, 0.4) is 0 Å². The molecule has 0 aromatic heterocycles. The summed E-state index contributed by atoms with van der Waals surface area (Å²) >= 11 is 0. The first kappa shape index (κ1) is 18.2. The molecular weight excluding hydrogens is 314 g/mol. The summed E-state index contributed by atoms with van der Waals surface area (Å²) in [4.78, 5) is 14.4. The van der Waals surface area contributed by atoms with E-state index in [1.54, 1.807) is 0 Å². The molecule has 138 valence electrons. The van der Waals surface area contributed by atoms with E-state index in [0.717, 1.165) is 13.1 Å². The van der Waals surface area contributed by atoms with Gasteiger partial charge in [-0.25, -0.2) is 4.79 Å². The lowest BCUT2D eigenvalue weighted by atomic mass is 9.92. The number of benzene rings is 1. The molecule has 2 unspecified atom stereocenters. The van der Waals surface area contributed by atoms with E-state index in [2.05, 4.69) is 41.5 Å². The summed E-state index contributed by atoms with van der Waals surface area (Å²) in [6, 6.07) is 10.4. The summed E-state index contributed by atoms with van der Waals surface area (Å²) in [6.45, 7) is 7.27. The zero-order valence-electron chi connectivity index (χ0n) is 15.4. The third-order valence-corrected chi connectivity index (χ3v) is 5.95. The van der Waals surface area contributed by atoms with Crippen molar-refractivity contribution in [1.29, 1.82) is 0 Å². The number of hydrogen-bond donors (Lipinski definition) is 3. The number of amides is 2. The van der Waals surface area contributed by atoms with Crippen molar-refractivity contribution in [3.63, 3.8) is 0 Å². The predicted octanol–water partition coefficient (Wildman–Crippen LogP) is 2.36. The van der Waals surface area contributed by atoms with Crippen LogP contribution in [0.15, 0.2) is 30.3 Å². The average molecular weight is 345 g/mol. The highest BCUT2D eigenvalue weighted by Gasteiger charge is 2.45. The van der Waals surface area contributed by atoms with Crippen molar-refractivity contribution in [2.24, 2.45) is 11.3 Å². The normalized spacial score (nSPS) is 25.1. The Morgan fingerprint density at radius 2 is 2.00 bits per heavy atom. The first-order valence-corrected chi connectivity index (χ1v) is 9.46. The molecule has 5 heteroatoms. The van der Waals surface area contributed by atoms with Crippen LogP contribution < -0.4 is 10.6 Å². The number of urea groups is 1. The summed E-state index contributed by atoms with van der Waals surface area (Å²) in [5.41, 5.74) is 1.55. The Morgan fingerprint density at radius 3 is 2.64 bits per heavy atom. The molecule has 1 saturated heterocycles. The quantitative estimate of drug-likeness (QED) is 0.711. The Bertz CT molecular complexity index is 572. The zero-order chi connectivity index (χ0) is 17.9. The van der Waals surface area contributed by atoms with Gasteiger partial charge in [-0.15, -0.1) is 0 Å². The SMILES string of the molecule is CC(C)C1(CNC(=O)NCC2CC(O)CN2Cc2ccccc2)CC1. The minimum atomic E-state index is -0.311. The van der Waals surface area contributed by atoms with E-state index in [1.807, 2.05) is 18.2 Å². The maximum absolute atomic E-state index is 12.1. The van der Waals surface area contributed by atoms with Gasteiger partial charge in [0.1, 0.15) is 0 Å². The highest BCUT2D eigenvalue weighted by atomic mass is 16.3. The van der Waals surface area contributed by atoms with Gasteiger partial charge in [0.15, 0.2) is 0 Å². The number of carbonyl (C=O) groups excluding carboxylic acids is 1. The molecule has 0 bridgehead atoms. The number of aliphatic hydroxyl groups is 1. The van der Waals surface area contributed by atoms with E-state index in [9.17, 15) is 9.90 Å². The lowest BCUT2D eigenvalue weighted by molar-refractivity contribution is 0.172. The summed E-state index contributed by atoms with van der Waals surface area (Å²) in [7, 11) is 0. The fourth-order valence-corrected chi connectivity index (χ4v) is 3.83. The van der Waals surface area contributed by atoms with Crippen molar-refractivity contribution in [3.8, 4) is 0 Å². The number of aliphatic hydroxyl groups excluding tert-OH is 1. The van der Waals surface area contributed by atoms with E-state index in [1.165, 1.54) is 18.4 Å². The van der Waals surface area contributed by atoms with Crippen LogP contribution in [-0.4, -0.2) is 47.8 Å². The molecule has 1 saturated carbocycles. The Balaban J connectivity index is 1.45. The standard InChI is InChI=1S/C20H31N3O2/c1-15(2)20(8-9-20)14-22-19(25)21-11-17-10-18(24)13-23(17)12-16-6-4-3-5-7-16/h3-7,15,17-18,24H,8-14H2,1-2H3,(H2,21,22,25). The van der Waals surface area contributed by atoms with Crippen molar-refractivity contribution in [3.05, 3.63) is 35.9 Å². The van der Waals surface area contributed by atoms with Gasteiger partial charge in [-0.3, -0.25) is 4.90 Å². The second-order valence-corrected chi connectivity index (χ2v) is 8.04. The summed E-state index contributed by atoms with van der Waals surface area (Å²) in [5, 5.41) is 16.1. The molecular formula is C20H31N3O2. The first-order chi connectivity index (χ1) is 12.0. The van der Waals surface area contributed by atoms with Crippen LogP contribution in [0.1, 0.15) is 38.7 Å². The Kier molecular flexibility index (Phi) is 5.64. The van der Waals surface area contributed by atoms with Crippen LogP contribution in [0.5, 0.6) is 0 Å². The van der Waals surface area contributed by atoms with Gasteiger partial charge in [-0.2, -0.15) is 0 Å². The van der Waals surface area contributed by atoms with Crippen LogP contribution in [0.2, 0.25) is 0 Å². The van der Waals surface area contributed by atoms with Gasteiger partial charge in [0.25, 0.3) is 0 Å². The number of nitrogens with zero attached hydrogens (tertiary/aromatic N) is 1. The summed E-state index contributed by atoms with van der Waals surface area (Å²) < 4.78 is 0. The lowest BCUT2D eigenvalue weighted by Crippen LogP contribution is -2.45. The van der Waals surface area contributed by atoms with Crippen LogP contribution in [-0.2, 0) is 6.54 Å². The fraction of sp³-hybridized carbons (Fsp3) is 0.650. The number of hydrogen-bond acceptors (Lipinski definition) is 3. The maximum atomic E-state index is 12.1. The molecule has 2 aliphatic rings. The highest BCUT2D eigenvalue weighted by Crippen LogP contribution is 2.51. The largest absolute Gasteiger partial charge is 0.392 e. The van der Waals surface area contributed by atoms with Gasteiger partial charge >= 0.3 is 6.03 Å². The van der Waals surface area contributed by atoms with Crippen LogP contribution >= 0.6 is 0 Å². The third kappa shape index (κ3) is 4.73. The molecule has 5 nitrogen and oxygen atoms in total. The van der Waals surface area contributed by atoms with Gasteiger partial charge in [0.05, 0.1) is 6.10 Å². The molecule has 2 atom stereocenters. The van der Waals surface area contributed by atoms with Gasteiger partial charge < -0.3 is 15.7 Å². The molecule has 2 amide bonds. The molecule has 1 aliphatic carbocycles. The van der Waals surface area contributed by atoms with E-state index < -0.39 is 0 Å². The second-order valence-electron chi connectivity index (χ2n) is 8.04. The van der Waals surface area contributed by atoms with Gasteiger partial charge in [-0.1, -0.05) is 44.2 Å². The molecule has 2 fully saturated rings. The molecule has 1 heterocycles. The van der Waals surface area contributed by atoms with Crippen LogP contribution in [0.4, 0.5) is 4.79 Å². The minimum absolute atomic E-state index is 0.0898. The van der Waals surface area contributed by atoms with Crippen molar-refractivity contribution >= 4 is 6.03 Å². The number of carbonyl (C=O) groups is 1. The molecule has 1 aliphatic heterocycles. The predicted molar refractivity (Wildman–Crippen MR) is 99.2 cm³/mol. The van der Waals surface area contributed by atoms with E-state index in [-0.39, 0.29) is 18.2 Å². The molecule has 1 aromatic rings. The van der Waals surface area contributed by atoms with Crippen molar-refractivity contribution in [2.75, 3.05) is 19.6 Å². The molecule has 3 N–H and O–H groups in total. The monoisotopic (exact) mass is 345 g/mol. The molecule has 1 aromatic carbocycles. The minimum Gasteiger partial charge on any atom is -0.392 e. The average Bonchev–Trinajstić information content (AvgIpc) is 3.31. The van der Waals surface area contributed by atoms with E-state index in [0.29, 0.717) is 30.8 Å². The smallest absolute Gasteiger partial charge is 0.314 e. The third-order valence-electron chi connectivity index (χ3n) is 5.95. The van der Waals surface area contributed by atoms with Crippen LogP contribution in [0.25, 0.3) is 0 Å². The fourth-order valence-electron chi connectivity index (χ4n) is 3.83. The number of likely N-dealkylation sites (tertiary alicyclic amines) is 1. The Labute approximate surface area is 150 Å². The molecule has 0 radical (unpaired) electrons. The van der Waals surface area contributed by atoms with Gasteiger partial charge in [-0.05, 0) is 36.2 Å². The van der Waals surface area contributed by atoms with Crippen molar-refractivity contribution in [1.82, 2.24) is 15.5 Å². The number of β-amino-alcohol motifs (C(OH)–C–C–N with tert-alkyl or cyclic N) is 1. The van der Waals surface area contributed by atoms with Crippen LogP contribution in [0, 0.1) is 11.3 Å². The maximum Gasteiger partial charge on any atom is 0.314 e. The topological polar surface area (TPSA) is 64.6 Å².